The van der Waals surface area contributed by atoms with Crippen molar-refractivity contribution < 1.29 is 22.7 Å². The molecule has 0 N–H and O–H groups in total. The highest BCUT2D eigenvalue weighted by Crippen LogP contribution is 2.36. The van der Waals surface area contributed by atoms with E-state index in [-0.39, 0.29) is 11.8 Å². The molecule has 0 bridgehead atoms. The van der Waals surface area contributed by atoms with Crippen molar-refractivity contribution in [3.05, 3.63) is 21.9 Å². The first-order chi connectivity index (χ1) is 11.8. The molecule has 0 spiro atoms. The molecule has 9 heteroatoms. The van der Waals surface area contributed by atoms with Crippen molar-refractivity contribution >= 4 is 33.2 Å². The molecule has 138 valence electrons. The topological polar surface area (TPSA) is 84.0 Å². The summed E-state index contributed by atoms with van der Waals surface area (Å²) in [5.74, 6) is -0.771. The van der Waals surface area contributed by atoms with Crippen LogP contribution in [-0.2, 0) is 30.8 Å². The maximum absolute atomic E-state index is 13.0. The highest BCUT2D eigenvalue weighted by Gasteiger charge is 2.40. The number of sulfonamides is 1. The first-order valence-corrected chi connectivity index (χ1v) is 11.0. The molecular weight excluding hydrogens is 364 g/mol. The predicted molar refractivity (Wildman–Crippen MR) is 93.6 cm³/mol. The van der Waals surface area contributed by atoms with Crippen LogP contribution in [0.15, 0.2) is 11.4 Å². The van der Waals surface area contributed by atoms with Crippen LogP contribution in [0.3, 0.4) is 0 Å². The lowest BCUT2D eigenvalue weighted by Gasteiger charge is -2.38. The smallest absolute Gasteiger partial charge is 0.333 e. The van der Waals surface area contributed by atoms with Crippen molar-refractivity contribution in [1.29, 1.82) is 0 Å². The van der Waals surface area contributed by atoms with Crippen molar-refractivity contribution in [1.82, 2.24) is 9.21 Å². The summed E-state index contributed by atoms with van der Waals surface area (Å²) in [5.41, 5.74) is 0.852. The number of thiophene rings is 1. The van der Waals surface area contributed by atoms with E-state index in [0.717, 1.165) is 16.9 Å². The summed E-state index contributed by atoms with van der Waals surface area (Å²) in [4.78, 5) is 28.1. The van der Waals surface area contributed by atoms with E-state index in [9.17, 15) is 18.0 Å². The zero-order chi connectivity index (χ0) is 18.2. The average Bonchev–Trinajstić information content (AvgIpc) is 3.07. The standard InChI is InChI=1S/C16H22N2O5S2/c1-23-16(20)14-12-6-10-24-13(12)5-9-18(14)15(19)11-3-7-17(8-4-11)25(2,21)22/h6,10-11,14H,3-5,7-9H2,1-2H3. The predicted octanol–water partition coefficient (Wildman–Crippen LogP) is 1.02. The van der Waals surface area contributed by atoms with Gasteiger partial charge in [-0.05, 0) is 36.3 Å². The fraction of sp³-hybridized carbons (Fsp3) is 0.625. The van der Waals surface area contributed by atoms with Gasteiger partial charge in [0.2, 0.25) is 15.9 Å². The number of methoxy groups -OCH3 is 1. The molecule has 1 saturated heterocycles. The second-order valence-electron chi connectivity index (χ2n) is 6.44. The van der Waals surface area contributed by atoms with Crippen LogP contribution in [-0.4, -0.2) is 62.5 Å². The molecule has 2 aliphatic heterocycles. The number of rotatable bonds is 3. The number of hydrogen-bond acceptors (Lipinski definition) is 6. The molecule has 0 aliphatic carbocycles. The van der Waals surface area contributed by atoms with Crippen molar-refractivity contribution in [2.45, 2.75) is 25.3 Å². The van der Waals surface area contributed by atoms with Gasteiger partial charge in [0.15, 0.2) is 6.04 Å². The molecule has 1 unspecified atom stereocenters. The minimum Gasteiger partial charge on any atom is -0.467 e. The van der Waals surface area contributed by atoms with Crippen LogP contribution in [0.25, 0.3) is 0 Å². The largest absolute Gasteiger partial charge is 0.467 e. The van der Waals surface area contributed by atoms with E-state index < -0.39 is 22.0 Å². The van der Waals surface area contributed by atoms with Gasteiger partial charge in [-0.2, -0.15) is 0 Å². The van der Waals surface area contributed by atoms with E-state index in [4.69, 9.17) is 4.74 Å². The molecule has 1 aromatic heterocycles. The number of esters is 1. The summed E-state index contributed by atoms with van der Waals surface area (Å²) in [6.45, 7) is 1.17. The Bertz CT molecular complexity index is 765. The summed E-state index contributed by atoms with van der Waals surface area (Å²) in [7, 11) is -1.90. The average molecular weight is 386 g/mol. The SMILES string of the molecule is COC(=O)C1c2ccsc2CCN1C(=O)C1CCN(S(C)(=O)=O)CC1. The Balaban J connectivity index is 1.77. The summed E-state index contributed by atoms with van der Waals surface area (Å²) in [6, 6.07) is 1.19. The third-order valence-electron chi connectivity index (χ3n) is 4.95. The first kappa shape index (κ1) is 18.3. The molecule has 0 radical (unpaired) electrons. The normalized spacial score (nSPS) is 22.5. The van der Waals surface area contributed by atoms with Gasteiger partial charge in [0.25, 0.3) is 0 Å². The third kappa shape index (κ3) is 3.58. The fourth-order valence-electron chi connectivity index (χ4n) is 3.59. The van der Waals surface area contributed by atoms with Crippen molar-refractivity contribution in [3.63, 3.8) is 0 Å². The van der Waals surface area contributed by atoms with E-state index in [1.807, 2.05) is 11.4 Å². The van der Waals surface area contributed by atoms with Crippen LogP contribution in [0.1, 0.15) is 29.3 Å². The Labute approximate surface area is 151 Å². The van der Waals surface area contributed by atoms with Crippen LogP contribution in [0.4, 0.5) is 0 Å². The Kier molecular flexibility index (Phi) is 5.17. The number of carbonyl (C=O) groups excluding carboxylic acids is 2. The number of carbonyl (C=O) groups is 2. The molecular formula is C16H22N2O5S2. The highest BCUT2D eigenvalue weighted by atomic mass is 32.2. The molecule has 0 aromatic carbocycles. The zero-order valence-electron chi connectivity index (χ0n) is 14.3. The van der Waals surface area contributed by atoms with Crippen LogP contribution >= 0.6 is 11.3 Å². The lowest BCUT2D eigenvalue weighted by atomic mass is 9.92. The highest BCUT2D eigenvalue weighted by molar-refractivity contribution is 7.88. The number of fused-ring (bicyclic) bond motifs is 1. The van der Waals surface area contributed by atoms with Crippen LogP contribution in [0.2, 0.25) is 0 Å². The van der Waals surface area contributed by atoms with E-state index in [1.54, 1.807) is 16.2 Å². The molecule has 3 heterocycles. The summed E-state index contributed by atoms with van der Waals surface area (Å²) < 4.78 is 29.6. The number of ether oxygens (including phenoxy) is 1. The van der Waals surface area contributed by atoms with Gasteiger partial charge in [-0.1, -0.05) is 0 Å². The van der Waals surface area contributed by atoms with Gasteiger partial charge in [-0.3, -0.25) is 4.79 Å². The number of amides is 1. The molecule has 1 fully saturated rings. The quantitative estimate of drug-likeness (QED) is 0.724. The molecule has 1 atom stereocenters. The molecule has 3 rings (SSSR count). The number of piperidine rings is 1. The molecule has 7 nitrogen and oxygen atoms in total. The van der Waals surface area contributed by atoms with Gasteiger partial charge in [-0.15, -0.1) is 11.3 Å². The minimum absolute atomic E-state index is 0.0830. The minimum atomic E-state index is -3.22. The zero-order valence-corrected chi connectivity index (χ0v) is 15.9. The number of hydrogen-bond donors (Lipinski definition) is 0. The Hall–Kier alpha value is -1.45. The molecule has 25 heavy (non-hydrogen) atoms. The fourth-order valence-corrected chi connectivity index (χ4v) is 5.37. The van der Waals surface area contributed by atoms with Crippen LogP contribution in [0.5, 0.6) is 0 Å². The second kappa shape index (κ2) is 7.05. The first-order valence-electron chi connectivity index (χ1n) is 8.22. The van der Waals surface area contributed by atoms with Gasteiger partial charge in [0, 0.05) is 30.4 Å². The maximum Gasteiger partial charge on any atom is 0.333 e. The molecule has 1 amide bonds. The van der Waals surface area contributed by atoms with Gasteiger partial charge >= 0.3 is 5.97 Å². The Morgan fingerprint density at radius 3 is 2.52 bits per heavy atom. The Morgan fingerprint density at radius 1 is 1.24 bits per heavy atom. The van der Waals surface area contributed by atoms with E-state index >= 15 is 0 Å². The Morgan fingerprint density at radius 2 is 1.92 bits per heavy atom. The van der Waals surface area contributed by atoms with Crippen LogP contribution in [0, 0.1) is 5.92 Å². The van der Waals surface area contributed by atoms with Crippen molar-refractivity contribution in [2.24, 2.45) is 5.92 Å². The summed E-state index contributed by atoms with van der Waals surface area (Å²) >= 11 is 1.59. The second-order valence-corrected chi connectivity index (χ2v) is 9.43. The van der Waals surface area contributed by atoms with Gasteiger partial charge < -0.3 is 9.64 Å². The van der Waals surface area contributed by atoms with E-state index in [0.29, 0.717) is 32.5 Å². The third-order valence-corrected chi connectivity index (χ3v) is 7.25. The van der Waals surface area contributed by atoms with Crippen molar-refractivity contribution in [2.75, 3.05) is 33.0 Å². The monoisotopic (exact) mass is 386 g/mol. The molecule has 2 aliphatic rings. The van der Waals surface area contributed by atoms with Gasteiger partial charge in [-0.25, -0.2) is 17.5 Å². The van der Waals surface area contributed by atoms with Gasteiger partial charge in [0.05, 0.1) is 13.4 Å². The summed E-state index contributed by atoms with van der Waals surface area (Å²) in [5, 5.41) is 1.93. The lowest BCUT2D eigenvalue weighted by Crippen LogP contribution is -2.48. The van der Waals surface area contributed by atoms with E-state index in [2.05, 4.69) is 0 Å². The van der Waals surface area contributed by atoms with Crippen molar-refractivity contribution in [3.8, 4) is 0 Å². The maximum atomic E-state index is 13.0. The lowest BCUT2D eigenvalue weighted by molar-refractivity contribution is -0.156. The van der Waals surface area contributed by atoms with Crippen LogP contribution < -0.4 is 0 Å². The molecule has 1 aromatic rings. The summed E-state index contributed by atoms with van der Waals surface area (Å²) in [6.07, 6.45) is 2.87. The molecule has 0 saturated carbocycles. The number of nitrogens with zero attached hydrogens (tertiary/aromatic N) is 2. The van der Waals surface area contributed by atoms with Gasteiger partial charge in [0.1, 0.15) is 0 Å². The van der Waals surface area contributed by atoms with E-state index in [1.165, 1.54) is 17.7 Å².